The number of aromatic nitrogens is 5. The molecule has 3 aromatic heterocycles. The maximum atomic E-state index is 13.5. The highest BCUT2D eigenvalue weighted by Crippen LogP contribution is 2.27. The zero-order valence-electron chi connectivity index (χ0n) is 20.1. The first kappa shape index (κ1) is 22.4. The lowest BCUT2D eigenvalue weighted by Crippen LogP contribution is -2.39. The predicted octanol–water partition coefficient (Wildman–Crippen LogP) is 5.21. The summed E-state index contributed by atoms with van der Waals surface area (Å²) in [7, 11) is 0. The molecule has 1 aliphatic carbocycles. The monoisotopic (exact) mass is 482 g/mol. The highest BCUT2D eigenvalue weighted by Gasteiger charge is 2.24. The van der Waals surface area contributed by atoms with Gasteiger partial charge in [0.2, 0.25) is 0 Å². The number of fused-ring (bicyclic) bond motifs is 2. The fourth-order valence-corrected chi connectivity index (χ4v) is 5.30. The van der Waals surface area contributed by atoms with Crippen molar-refractivity contribution in [3.8, 4) is 5.69 Å². The van der Waals surface area contributed by atoms with Crippen LogP contribution in [0.5, 0.6) is 0 Å². The molecule has 0 bridgehead atoms. The Balaban J connectivity index is 1.13. The van der Waals surface area contributed by atoms with Gasteiger partial charge in [-0.3, -0.25) is 14.5 Å². The summed E-state index contributed by atoms with van der Waals surface area (Å²) in [5.74, 6) is 0.101. The largest absolute Gasteiger partial charge is 0.349 e. The summed E-state index contributed by atoms with van der Waals surface area (Å²) in [5.41, 5.74) is 4.25. The Labute approximate surface area is 207 Å². The summed E-state index contributed by atoms with van der Waals surface area (Å²) < 4.78 is 17.3. The third kappa shape index (κ3) is 4.46. The van der Waals surface area contributed by atoms with Gasteiger partial charge in [-0.15, -0.1) is 0 Å². The van der Waals surface area contributed by atoms with Gasteiger partial charge in [0.15, 0.2) is 0 Å². The standard InChI is InChI=1S/C28H27FN6O/c1-18-11-25(9-10-30-18)35-27-8-5-20(13-21(27)15-31-35)28(36)32-24-4-2-3-19(12-24)16-34-17-22-14-23(29)6-7-26(22)33-34/h5-11,13-15,17,19,24H,2-4,12,16H2,1H3,(H,32,36). The van der Waals surface area contributed by atoms with Crippen LogP contribution in [0, 0.1) is 18.7 Å². The maximum absolute atomic E-state index is 13.5. The van der Waals surface area contributed by atoms with Crippen molar-refractivity contribution < 1.29 is 9.18 Å². The molecule has 1 saturated carbocycles. The second-order valence-electron chi connectivity index (χ2n) is 9.74. The topological polar surface area (TPSA) is 77.6 Å². The molecule has 1 amide bonds. The normalized spacial score (nSPS) is 18.1. The van der Waals surface area contributed by atoms with Crippen molar-refractivity contribution in [2.24, 2.45) is 5.92 Å². The number of pyridine rings is 1. The number of carbonyl (C=O) groups excluding carboxylic acids is 1. The van der Waals surface area contributed by atoms with Gasteiger partial charge in [-0.25, -0.2) is 9.07 Å². The average molecular weight is 483 g/mol. The lowest BCUT2D eigenvalue weighted by molar-refractivity contribution is 0.0917. The van der Waals surface area contributed by atoms with Crippen LogP contribution in [-0.4, -0.2) is 36.5 Å². The SMILES string of the molecule is Cc1cc(-n2ncc3cc(C(=O)NC4CCCC(Cn5cc6cc(F)ccc6n5)C4)ccc32)ccn1. The predicted molar refractivity (Wildman–Crippen MR) is 137 cm³/mol. The number of hydrogen-bond acceptors (Lipinski definition) is 4. The Morgan fingerprint density at radius 1 is 1.11 bits per heavy atom. The molecule has 8 heteroatoms. The van der Waals surface area contributed by atoms with Crippen molar-refractivity contribution >= 4 is 27.7 Å². The third-order valence-corrected chi connectivity index (χ3v) is 7.03. The van der Waals surface area contributed by atoms with Crippen LogP contribution >= 0.6 is 0 Å². The van der Waals surface area contributed by atoms with Gasteiger partial charge in [0.05, 0.1) is 22.9 Å². The van der Waals surface area contributed by atoms with Crippen LogP contribution in [0.4, 0.5) is 4.39 Å². The van der Waals surface area contributed by atoms with Crippen LogP contribution < -0.4 is 5.32 Å². The second-order valence-corrected chi connectivity index (χ2v) is 9.74. The van der Waals surface area contributed by atoms with E-state index in [2.05, 4.69) is 20.5 Å². The summed E-state index contributed by atoms with van der Waals surface area (Å²) in [6.07, 6.45) is 9.49. The van der Waals surface area contributed by atoms with E-state index in [4.69, 9.17) is 0 Å². The third-order valence-electron chi connectivity index (χ3n) is 7.03. The van der Waals surface area contributed by atoms with E-state index in [-0.39, 0.29) is 17.8 Å². The van der Waals surface area contributed by atoms with Gasteiger partial charge >= 0.3 is 0 Å². The number of aryl methyl sites for hydroxylation is 1. The van der Waals surface area contributed by atoms with Crippen molar-refractivity contribution in [2.75, 3.05) is 0 Å². The first-order chi connectivity index (χ1) is 17.5. The molecule has 36 heavy (non-hydrogen) atoms. The molecule has 0 spiro atoms. The van der Waals surface area contributed by atoms with Crippen LogP contribution in [-0.2, 0) is 6.54 Å². The number of rotatable bonds is 5. The minimum atomic E-state index is -0.250. The number of halogens is 1. The van der Waals surface area contributed by atoms with E-state index in [9.17, 15) is 9.18 Å². The quantitative estimate of drug-likeness (QED) is 0.373. The number of nitrogens with one attached hydrogen (secondary N) is 1. The number of nitrogens with zero attached hydrogens (tertiary/aromatic N) is 5. The Hall–Kier alpha value is -4.07. The van der Waals surface area contributed by atoms with E-state index in [1.807, 2.05) is 52.8 Å². The molecule has 5 aromatic rings. The number of hydrogen-bond donors (Lipinski definition) is 1. The molecule has 1 N–H and O–H groups in total. The lowest BCUT2D eigenvalue weighted by Gasteiger charge is -2.29. The number of carbonyl (C=O) groups is 1. The molecule has 2 unspecified atom stereocenters. The van der Waals surface area contributed by atoms with Gasteiger partial charge in [0.1, 0.15) is 5.82 Å². The van der Waals surface area contributed by atoms with Gasteiger partial charge in [-0.05, 0) is 80.6 Å². The van der Waals surface area contributed by atoms with Crippen LogP contribution in [0.25, 0.3) is 27.5 Å². The molecule has 7 nitrogen and oxygen atoms in total. The zero-order valence-corrected chi connectivity index (χ0v) is 20.1. The minimum absolute atomic E-state index is 0.0599. The molecule has 2 aromatic carbocycles. The fraction of sp³-hybridized carbons (Fsp3) is 0.286. The van der Waals surface area contributed by atoms with E-state index in [0.717, 1.165) is 65.4 Å². The molecule has 1 fully saturated rings. The highest BCUT2D eigenvalue weighted by molar-refractivity contribution is 5.98. The van der Waals surface area contributed by atoms with E-state index in [0.29, 0.717) is 11.5 Å². The van der Waals surface area contributed by atoms with E-state index in [1.54, 1.807) is 18.5 Å². The van der Waals surface area contributed by atoms with Gasteiger partial charge in [-0.1, -0.05) is 6.42 Å². The molecule has 3 heterocycles. The first-order valence-corrected chi connectivity index (χ1v) is 12.4. The molecule has 0 radical (unpaired) electrons. The maximum Gasteiger partial charge on any atom is 0.251 e. The molecule has 2 atom stereocenters. The lowest BCUT2D eigenvalue weighted by atomic mass is 9.85. The van der Waals surface area contributed by atoms with Crippen LogP contribution in [0.2, 0.25) is 0 Å². The van der Waals surface area contributed by atoms with Crippen molar-refractivity contribution in [1.29, 1.82) is 0 Å². The van der Waals surface area contributed by atoms with Gasteiger partial charge < -0.3 is 5.32 Å². The Morgan fingerprint density at radius 3 is 2.92 bits per heavy atom. The molecular formula is C28H27FN6O. The summed E-state index contributed by atoms with van der Waals surface area (Å²) in [6.45, 7) is 2.72. The molecule has 1 aliphatic rings. The fourth-order valence-electron chi connectivity index (χ4n) is 5.30. The average Bonchev–Trinajstić information content (AvgIpc) is 3.47. The molecule has 0 saturated heterocycles. The Morgan fingerprint density at radius 2 is 2.03 bits per heavy atom. The first-order valence-electron chi connectivity index (χ1n) is 12.4. The molecule has 182 valence electrons. The van der Waals surface area contributed by atoms with Crippen molar-refractivity contribution in [3.63, 3.8) is 0 Å². The number of benzene rings is 2. The molecule has 0 aliphatic heterocycles. The van der Waals surface area contributed by atoms with Gasteiger partial charge in [-0.2, -0.15) is 10.2 Å². The molecule has 6 rings (SSSR count). The van der Waals surface area contributed by atoms with Crippen LogP contribution in [0.1, 0.15) is 41.7 Å². The van der Waals surface area contributed by atoms with E-state index in [1.165, 1.54) is 12.1 Å². The molecular weight excluding hydrogens is 455 g/mol. The smallest absolute Gasteiger partial charge is 0.251 e. The van der Waals surface area contributed by atoms with E-state index < -0.39 is 0 Å². The number of amides is 1. The van der Waals surface area contributed by atoms with Gasteiger partial charge in [0.25, 0.3) is 5.91 Å². The zero-order chi connectivity index (χ0) is 24.6. The van der Waals surface area contributed by atoms with Crippen molar-refractivity contribution in [3.05, 3.63) is 84.2 Å². The Kier molecular flexibility index (Phi) is 5.71. The van der Waals surface area contributed by atoms with Gasteiger partial charge in [0, 0.05) is 47.0 Å². The second kappa shape index (κ2) is 9.18. The van der Waals surface area contributed by atoms with Crippen LogP contribution in [0.3, 0.4) is 0 Å². The summed E-state index contributed by atoms with van der Waals surface area (Å²) in [4.78, 5) is 17.3. The van der Waals surface area contributed by atoms with Crippen LogP contribution in [0.15, 0.2) is 67.1 Å². The van der Waals surface area contributed by atoms with Crippen molar-refractivity contribution in [2.45, 2.75) is 45.2 Å². The summed E-state index contributed by atoms with van der Waals surface area (Å²) >= 11 is 0. The minimum Gasteiger partial charge on any atom is -0.349 e. The highest BCUT2D eigenvalue weighted by atomic mass is 19.1. The van der Waals surface area contributed by atoms with Crippen molar-refractivity contribution in [1.82, 2.24) is 29.9 Å². The van der Waals surface area contributed by atoms with E-state index >= 15 is 0 Å². The Bertz CT molecular complexity index is 1570. The summed E-state index contributed by atoms with van der Waals surface area (Å²) in [5, 5.41) is 14.1. The summed E-state index contributed by atoms with van der Waals surface area (Å²) in [6, 6.07) is 14.4.